The number of methoxy groups -OCH3 is 1. The van der Waals surface area contributed by atoms with Gasteiger partial charge in [0.1, 0.15) is 6.29 Å². The van der Waals surface area contributed by atoms with Crippen LogP contribution in [0.2, 0.25) is 0 Å². The minimum atomic E-state index is -0.848. The second-order valence-corrected chi connectivity index (χ2v) is 14.0. The second kappa shape index (κ2) is 52.1. The van der Waals surface area contributed by atoms with Gasteiger partial charge in [0.25, 0.3) is 5.91 Å². The molecule has 0 spiro atoms. The topological polar surface area (TPSA) is 209 Å². The van der Waals surface area contributed by atoms with Gasteiger partial charge in [0.2, 0.25) is 24.5 Å². The Kier molecular flexibility index (Phi) is 60.4. The monoisotopic (exact) mass is 807 g/mol. The number of hydrogen-bond donors (Lipinski definition) is 6. The zero-order valence-electron chi connectivity index (χ0n) is 38.3. The Labute approximate surface area is 343 Å². The van der Waals surface area contributed by atoms with Crippen LogP contribution in [0.1, 0.15) is 146 Å². The summed E-state index contributed by atoms with van der Waals surface area (Å²) in [5, 5.41) is 19.7. The number of aldehydes is 1. The molecule has 4 atom stereocenters. The van der Waals surface area contributed by atoms with Crippen molar-refractivity contribution >= 4 is 36.7 Å². The zero-order chi connectivity index (χ0) is 44.7. The zero-order valence-corrected chi connectivity index (χ0v) is 38.3. The van der Waals surface area contributed by atoms with Gasteiger partial charge >= 0.3 is 0 Å². The highest BCUT2D eigenvalue weighted by atomic mass is 16.4. The van der Waals surface area contributed by atoms with Gasteiger partial charge < -0.3 is 46.5 Å². The molecule has 2 aliphatic rings. The highest BCUT2D eigenvalue weighted by molar-refractivity contribution is 6.38. The van der Waals surface area contributed by atoms with E-state index in [-0.39, 0.29) is 30.9 Å². The first kappa shape index (κ1) is 64.9. The maximum Gasteiger partial charge on any atom is 0.289 e. The van der Waals surface area contributed by atoms with E-state index in [4.69, 9.17) is 4.79 Å². The predicted octanol–water partition coefficient (Wildman–Crippen LogP) is 5.03. The van der Waals surface area contributed by atoms with Gasteiger partial charge in [-0.3, -0.25) is 24.0 Å². The Bertz CT molecular complexity index is 856. The maximum atomic E-state index is 11.5. The number of nitrogens with one attached hydrogen (secondary N) is 4. The molecule has 0 aromatic heterocycles. The molecule has 4 unspecified atom stereocenters. The van der Waals surface area contributed by atoms with Gasteiger partial charge in [-0.1, -0.05) is 99.8 Å². The Morgan fingerprint density at radius 3 is 1.68 bits per heavy atom. The first-order chi connectivity index (χ1) is 26.6. The fourth-order valence-electron chi connectivity index (χ4n) is 5.42. The van der Waals surface area contributed by atoms with Crippen molar-refractivity contribution in [3.05, 3.63) is 0 Å². The summed E-state index contributed by atoms with van der Waals surface area (Å²) in [5.74, 6) is -0.384. The summed E-state index contributed by atoms with van der Waals surface area (Å²) in [6.07, 6.45) is 16.4. The van der Waals surface area contributed by atoms with Gasteiger partial charge in [0, 0.05) is 39.6 Å². The van der Waals surface area contributed by atoms with Crippen LogP contribution >= 0.6 is 0 Å². The number of nitrogens with zero attached hydrogens (tertiary/aromatic N) is 1. The van der Waals surface area contributed by atoms with Crippen LogP contribution in [0, 0.1) is 17.8 Å². The van der Waals surface area contributed by atoms with E-state index in [1.54, 1.807) is 21.1 Å². The van der Waals surface area contributed by atoms with E-state index in [0.717, 1.165) is 5.92 Å². The average molecular weight is 807 g/mol. The van der Waals surface area contributed by atoms with Gasteiger partial charge in [0.05, 0.1) is 18.7 Å². The lowest BCUT2D eigenvalue weighted by Gasteiger charge is -2.22. The molecular formula is C42H90N6O8. The fraction of sp³-hybridized carbons (Fsp3) is 0.857. The van der Waals surface area contributed by atoms with Crippen molar-refractivity contribution < 1.29 is 38.6 Å². The van der Waals surface area contributed by atoms with Crippen molar-refractivity contribution in [2.45, 2.75) is 164 Å². The van der Waals surface area contributed by atoms with Gasteiger partial charge in [-0.25, -0.2) is 0 Å². The molecule has 0 bridgehead atoms. The summed E-state index contributed by atoms with van der Waals surface area (Å²) in [7, 11) is 7.49. The molecule has 1 heterocycles. The van der Waals surface area contributed by atoms with Crippen molar-refractivity contribution in [2.24, 2.45) is 23.5 Å². The number of ether oxygens (including phenoxy) is 1. The lowest BCUT2D eigenvalue weighted by atomic mass is 9.91. The third-order valence-electron chi connectivity index (χ3n) is 8.24. The highest BCUT2D eigenvalue weighted by Gasteiger charge is 2.24. The van der Waals surface area contributed by atoms with Crippen molar-refractivity contribution in [3.8, 4) is 0 Å². The van der Waals surface area contributed by atoms with E-state index in [2.05, 4.69) is 71.5 Å². The van der Waals surface area contributed by atoms with Crippen LogP contribution in [0.25, 0.3) is 0 Å². The van der Waals surface area contributed by atoms with E-state index in [0.29, 0.717) is 44.0 Å². The smallest absolute Gasteiger partial charge is 0.289 e. The molecule has 1 saturated heterocycles. The normalized spacial score (nSPS) is 15.1. The Morgan fingerprint density at radius 1 is 0.911 bits per heavy atom. The maximum absolute atomic E-state index is 11.5. The van der Waals surface area contributed by atoms with Crippen LogP contribution in [0.4, 0.5) is 0 Å². The molecule has 4 amide bonds. The van der Waals surface area contributed by atoms with Gasteiger partial charge in [-0.2, -0.15) is 0 Å². The molecule has 2 rings (SSSR count). The van der Waals surface area contributed by atoms with Crippen molar-refractivity contribution in [2.75, 3.05) is 54.5 Å². The van der Waals surface area contributed by atoms with Crippen molar-refractivity contribution in [3.63, 3.8) is 0 Å². The predicted molar refractivity (Wildman–Crippen MR) is 232 cm³/mol. The summed E-state index contributed by atoms with van der Waals surface area (Å²) >= 11 is 0. The van der Waals surface area contributed by atoms with E-state index in [1.807, 2.05) is 34.6 Å². The van der Waals surface area contributed by atoms with E-state index >= 15 is 0 Å². The summed E-state index contributed by atoms with van der Waals surface area (Å²) in [6.45, 7) is 22.5. The third-order valence-corrected chi connectivity index (χ3v) is 8.24. The lowest BCUT2D eigenvalue weighted by molar-refractivity contribution is -0.140. The number of rotatable bonds is 15. The van der Waals surface area contributed by atoms with E-state index in [1.165, 1.54) is 84.2 Å². The fourth-order valence-corrected chi connectivity index (χ4v) is 5.42. The van der Waals surface area contributed by atoms with Gasteiger partial charge in [-0.15, -0.1) is 0 Å². The molecule has 7 N–H and O–H groups in total. The molecule has 336 valence electrons. The summed E-state index contributed by atoms with van der Waals surface area (Å²) in [5.41, 5.74) is 4.17. The number of Topliss-reactive ketones (excluding diaryl/α,β-unsaturated/α-hetero) is 1. The molecule has 1 saturated carbocycles. The molecule has 14 nitrogen and oxygen atoms in total. The molecule has 1 aliphatic heterocycles. The summed E-state index contributed by atoms with van der Waals surface area (Å²) in [4.78, 5) is 64.5. The first-order valence-corrected chi connectivity index (χ1v) is 20.9. The van der Waals surface area contributed by atoms with Crippen LogP contribution in [0.3, 0.4) is 0 Å². The molecule has 14 heteroatoms. The molecule has 0 radical (unpaired) electrons. The SMILES string of the molecule is CC.CC(C)C(CNC=O)C(C)O.CCC.CCCC(NC(C)=O)C(=O)C(=O)NCC=O.CN1CCCC1.CNC(C)CC1CCCCCC1.COC.NC=O. The highest BCUT2D eigenvalue weighted by Crippen LogP contribution is 2.26. The average Bonchev–Trinajstić information content (AvgIpc) is 3.49. The van der Waals surface area contributed by atoms with E-state index in [9.17, 15) is 29.1 Å². The third kappa shape index (κ3) is 51.1. The molecule has 1 aliphatic carbocycles. The van der Waals surface area contributed by atoms with Crippen molar-refractivity contribution in [1.29, 1.82) is 0 Å². The number of amides is 4. The van der Waals surface area contributed by atoms with Gasteiger partial charge in [0.15, 0.2) is 0 Å². The lowest BCUT2D eigenvalue weighted by Crippen LogP contribution is -2.47. The molecule has 56 heavy (non-hydrogen) atoms. The van der Waals surface area contributed by atoms with Crippen LogP contribution < -0.4 is 27.0 Å². The second-order valence-electron chi connectivity index (χ2n) is 14.0. The van der Waals surface area contributed by atoms with Crippen LogP contribution in [0.5, 0.6) is 0 Å². The number of carbonyl (C=O) groups excluding carboxylic acids is 6. The number of carbonyl (C=O) groups is 6. The van der Waals surface area contributed by atoms with E-state index < -0.39 is 17.7 Å². The quantitative estimate of drug-likeness (QED) is 0.0739. The Morgan fingerprint density at radius 2 is 1.38 bits per heavy atom. The number of ketones is 1. The van der Waals surface area contributed by atoms with Crippen LogP contribution in [-0.4, -0.2) is 119 Å². The number of aliphatic hydroxyl groups excluding tert-OH is 1. The molecule has 2 fully saturated rings. The minimum Gasteiger partial charge on any atom is -0.393 e. The largest absolute Gasteiger partial charge is 0.393 e. The molecule has 0 aromatic rings. The van der Waals surface area contributed by atoms with Crippen LogP contribution in [0.15, 0.2) is 0 Å². The molecular weight excluding hydrogens is 716 g/mol. The number of nitrogens with two attached hydrogens (primary N) is 1. The summed E-state index contributed by atoms with van der Waals surface area (Å²) in [6, 6.07) is -0.0951. The van der Waals surface area contributed by atoms with Crippen LogP contribution in [-0.2, 0) is 33.5 Å². The molecule has 0 aromatic carbocycles. The Hall–Kier alpha value is -2.94. The minimum absolute atomic E-state index is 0.153. The van der Waals surface area contributed by atoms with Crippen molar-refractivity contribution in [1.82, 2.24) is 26.2 Å². The summed E-state index contributed by atoms with van der Waals surface area (Å²) < 4.78 is 4.25. The first-order valence-electron chi connectivity index (χ1n) is 20.9. The standard InChI is InChI=1S/C11H23N.C10H16N2O4.C8H17NO2.C5H11N.C3H8.C2H6O.C2H6.CH3NO/c1-10(12-2)9-11-7-5-3-4-6-8-11;1-3-4-8(12-7(2)14)9(15)10(16)11-5-6-13;1-6(2)8(7(3)11)4-9-5-10;1-6-4-2-3-5-6;2*1-3-2;1-2;2-1-3/h10-12H,3-9H2,1-2H3;6,8H,3-5H2,1-2H3,(H,11,16)(H,12,14);5-8,11H,4H2,1-3H3,(H,9,10);2-5H2,1H3;3H2,1-2H3;1-2H3;1-2H3;1H,(H2,2,3). The number of aliphatic hydroxyl groups is 1. The number of primary amides is 1. The Balaban J connectivity index is -0.000000140. The number of hydrogen-bond acceptors (Lipinski definition) is 10. The number of likely N-dealkylation sites (tertiary alicyclic amines) is 1. The van der Waals surface area contributed by atoms with Gasteiger partial charge in [-0.05, 0) is 78.6 Å².